The largest absolute Gasteiger partial charge is 0.465 e. The molecular weight excluding hydrogens is 280 g/mol. The van der Waals surface area contributed by atoms with Crippen molar-refractivity contribution in [2.24, 2.45) is 5.92 Å². The summed E-state index contributed by atoms with van der Waals surface area (Å²) >= 11 is 0. The van der Waals surface area contributed by atoms with Crippen LogP contribution in [-0.4, -0.2) is 25.2 Å². The molecule has 2 rings (SSSR count). The first kappa shape index (κ1) is 16.5. The highest BCUT2D eigenvalue weighted by molar-refractivity contribution is 5.95. The minimum atomic E-state index is -0.874. The second kappa shape index (κ2) is 7.97. The molecule has 1 aromatic rings. The number of rotatable bonds is 6. The summed E-state index contributed by atoms with van der Waals surface area (Å²) in [6.07, 6.45) is 4.97. The van der Waals surface area contributed by atoms with Gasteiger partial charge in [0.25, 0.3) is 0 Å². The number of fused-ring (bicyclic) bond motifs is 1. The number of carbonyl (C=O) groups excluding carboxylic acids is 2. The SMILES string of the molecule is CCOC(=O)C(Cc1ccc2c(c1)CCCC2)C(=O)OCC. The molecule has 0 saturated carbocycles. The molecule has 120 valence electrons. The average Bonchev–Trinajstić information content (AvgIpc) is 2.52. The zero-order chi connectivity index (χ0) is 15.9. The fourth-order valence-corrected chi connectivity index (χ4v) is 2.90. The average molecular weight is 304 g/mol. The Kier molecular flexibility index (Phi) is 5.99. The van der Waals surface area contributed by atoms with Gasteiger partial charge in [-0.1, -0.05) is 18.2 Å². The molecule has 0 radical (unpaired) electrons. The van der Waals surface area contributed by atoms with Crippen LogP contribution >= 0.6 is 0 Å². The van der Waals surface area contributed by atoms with Crippen LogP contribution in [0, 0.1) is 5.92 Å². The van der Waals surface area contributed by atoms with Gasteiger partial charge in [0.15, 0.2) is 5.92 Å². The van der Waals surface area contributed by atoms with Crippen molar-refractivity contribution in [3.63, 3.8) is 0 Å². The third-order valence-electron chi connectivity index (χ3n) is 3.99. The van der Waals surface area contributed by atoms with Crippen molar-refractivity contribution in [3.8, 4) is 0 Å². The Morgan fingerprint density at radius 1 is 1.00 bits per heavy atom. The predicted octanol–water partition coefficient (Wildman–Crippen LogP) is 2.85. The molecule has 4 heteroatoms. The van der Waals surface area contributed by atoms with E-state index in [0.717, 1.165) is 18.4 Å². The second-order valence-corrected chi connectivity index (χ2v) is 5.57. The van der Waals surface area contributed by atoms with Crippen molar-refractivity contribution < 1.29 is 19.1 Å². The number of hydrogen-bond acceptors (Lipinski definition) is 4. The number of ether oxygens (including phenoxy) is 2. The van der Waals surface area contributed by atoms with Crippen LogP contribution in [0.5, 0.6) is 0 Å². The summed E-state index contributed by atoms with van der Waals surface area (Å²) in [6, 6.07) is 6.26. The third-order valence-corrected chi connectivity index (χ3v) is 3.99. The van der Waals surface area contributed by atoms with Crippen molar-refractivity contribution in [2.75, 3.05) is 13.2 Å². The van der Waals surface area contributed by atoms with Gasteiger partial charge in [-0.25, -0.2) is 0 Å². The van der Waals surface area contributed by atoms with Crippen LogP contribution < -0.4 is 0 Å². The number of hydrogen-bond donors (Lipinski definition) is 0. The summed E-state index contributed by atoms with van der Waals surface area (Å²) in [5.41, 5.74) is 3.72. The molecule has 1 aromatic carbocycles. The summed E-state index contributed by atoms with van der Waals surface area (Å²) in [4.78, 5) is 24.1. The zero-order valence-corrected chi connectivity index (χ0v) is 13.4. The molecule has 0 saturated heterocycles. The van der Waals surface area contributed by atoms with Crippen LogP contribution in [0.1, 0.15) is 43.4 Å². The first-order valence-corrected chi connectivity index (χ1v) is 8.09. The maximum Gasteiger partial charge on any atom is 0.320 e. The molecule has 0 amide bonds. The molecule has 0 fully saturated rings. The van der Waals surface area contributed by atoms with Crippen LogP contribution in [0.2, 0.25) is 0 Å². The Labute approximate surface area is 131 Å². The van der Waals surface area contributed by atoms with E-state index in [2.05, 4.69) is 12.1 Å². The molecule has 0 aliphatic heterocycles. The lowest BCUT2D eigenvalue weighted by Crippen LogP contribution is -2.30. The van der Waals surface area contributed by atoms with E-state index < -0.39 is 17.9 Å². The van der Waals surface area contributed by atoms with Gasteiger partial charge in [0, 0.05) is 0 Å². The monoisotopic (exact) mass is 304 g/mol. The molecule has 0 heterocycles. The normalized spacial score (nSPS) is 13.6. The molecule has 4 nitrogen and oxygen atoms in total. The van der Waals surface area contributed by atoms with E-state index in [1.165, 1.54) is 24.0 Å². The molecule has 1 aliphatic carbocycles. The van der Waals surface area contributed by atoms with Crippen LogP contribution in [0.4, 0.5) is 0 Å². The lowest BCUT2D eigenvalue weighted by Gasteiger charge is -2.18. The lowest BCUT2D eigenvalue weighted by atomic mass is 9.88. The van der Waals surface area contributed by atoms with E-state index in [-0.39, 0.29) is 13.2 Å². The maximum absolute atomic E-state index is 12.0. The summed E-state index contributed by atoms with van der Waals surface area (Å²) in [5.74, 6) is -1.88. The molecule has 0 aromatic heterocycles. The molecule has 0 N–H and O–H groups in total. The van der Waals surface area contributed by atoms with Gasteiger partial charge in [0.2, 0.25) is 0 Å². The first-order valence-electron chi connectivity index (χ1n) is 8.09. The van der Waals surface area contributed by atoms with E-state index in [0.29, 0.717) is 6.42 Å². The smallest absolute Gasteiger partial charge is 0.320 e. The third kappa shape index (κ3) is 4.09. The van der Waals surface area contributed by atoms with E-state index in [1.807, 2.05) is 6.07 Å². The number of benzene rings is 1. The van der Waals surface area contributed by atoms with Gasteiger partial charge in [-0.2, -0.15) is 0 Å². The minimum Gasteiger partial charge on any atom is -0.465 e. The standard InChI is InChI=1S/C18H24O4/c1-3-21-17(19)16(18(20)22-4-2)12-13-9-10-14-7-5-6-8-15(14)11-13/h9-11,16H,3-8,12H2,1-2H3. The molecule has 0 bridgehead atoms. The Morgan fingerprint density at radius 2 is 1.59 bits per heavy atom. The quantitative estimate of drug-likeness (QED) is 0.599. The van der Waals surface area contributed by atoms with Crippen LogP contribution in [0.15, 0.2) is 18.2 Å². The number of esters is 2. The van der Waals surface area contributed by atoms with Gasteiger partial charge in [-0.15, -0.1) is 0 Å². The fraction of sp³-hybridized carbons (Fsp3) is 0.556. The Balaban J connectivity index is 2.15. The van der Waals surface area contributed by atoms with Crippen molar-refractivity contribution >= 4 is 11.9 Å². The summed E-state index contributed by atoms with van der Waals surface area (Å²) in [6.45, 7) is 4.00. The van der Waals surface area contributed by atoms with E-state index in [1.54, 1.807) is 13.8 Å². The minimum absolute atomic E-state index is 0.263. The van der Waals surface area contributed by atoms with Crippen LogP contribution in [-0.2, 0) is 38.3 Å². The molecule has 1 aliphatic rings. The van der Waals surface area contributed by atoms with Gasteiger partial charge in [0.05, 0.1) is 13.2 Å². The summed E-state index contributed by atoms with van der Waals surface area (Å²) < 4.78 is 10.0. The Bertz CT molecular complexity index is 518. The lowest BCUT2D eigenvalue weighted by molar-refractivity contribution is -0.161. The molecule has 0 unspecified atom stereocenters. The molecule has 0 spiro atoms. The van der Waals surface area contributed by atoms with E-state index >= 15 is 0 Å². The Hall–Kier alpha value is -1.84. The number of carbonyl (C=O) groups is 2. The van der Waals surface area contributed by atoms with Gasteiger partial charge in [-0.3, -0.25) is 9.59 Å². The van der Waals surface area contributed by atoms with Crippen molar-refractivity contribution in [1.82, 2.24) is 0 Å². The van der Waals surface area contributed by atoms with E-state index in [9.17, 15) is 9.59 Å². The van der Waals surface area contributed by atoms with Gasteiger partial charge in [-0.05, 0) is 62.6 Å². The molecule has 22 heavy (non-hydrogen) atoms. The van der Waals surface area contributed by atoms with Gasteiger partial charge >= 0.3 is 11.9 Å². The Morgan fingerprint density at radius 3 is 2.18 bits per heavy atom. The maximum atomic E-state index is 12.0. The predicted molar refractivity (Wildman–Crippen MR) is 83.5 cm³/mol. The topological polar surface area (TPSA) is 52.6 Å². The van der Waals surface area contributed by atoms with E-state index in [4.69, 9.17) is 9.47 Å². The molecular formula is C18H24O4. The van der Waals surface area contributed by atoms with Crippen molar-refractivity contribution in [3.05, 3.63) is 34.9 Å². The summed E-state index contributed by atoms with van der Waals surface area (Å²) in [5, 5.41) is 0. The second-order valence-electron chi connectivity index (χ2n) is 5.57. The zero-order valence-electron chi connectivity index (χ0n) is 13.4. The highest BCUT2D eigenvalue weighted by Crippen LogP contribution is 2.24. The van der Waals surface area contributed by atoms with Crippen molar-refractivity contribution in [2.45, 2.75) is 46.0 Å². The van der Waals surface area contributed by atoms with Crippen LogP contribution in [0.3, 0.4) is 0 Å². The first-order chi connectivity index (χ1) is 10.7. The highest BCUT2D eigenvalue weighted by Gasteiger charge is 2.30. The summed E-state index contributed by atoms with van der Waals surface area (Å²) in [7, 11) is 0. The molecule has 0 atom stereocenters. The fourth-order valence-electron chi connectivity index (χ4n) is 2.90. The van der Waals surface area contributed by atoms with Gasteiger partial charge < -0.3 is 9.47 Å². The van der Waals surface area contributed by atoms with Gasteiger partial charge in [0.1, 0.15) is 0 Å². The van der Waals surface area contributed by atoms with Crippen molar-refractivity contribution in [1.29, 1.82) is 0 Å². The highest BCUT2D eigenvalue weighted by atomic mass is 16.6. The number of aryl methyl sites for hydroxylation is 2. The van der Waals surface area contributed by atoms with Crippen LogP contribution in [0.25, 0.3) is 0 Å².